The Labute approximate surface area is 177 Å². The summed E-state index contributed by atoms with van der Waals surface area (Å²) in [6.07, 6.45) is 5.06. The first kappa shape index (κ1) is 19.5. The molecule has 0 fully saturated rings. The van der Waals surface area contributed by atoms with E-state index in [1.165, 1.54) is 4.68 Å². The molecule has 0 unspecified atom stereocenters. The van der Waals surface area contributed by atoms with Crippen LogP contribution in [0.4, 0.5) is 0 Å². The summed E-state index contributed by atoms with van der Waals surface area (Å²) in [6, 6.07) is 16.4. The Bertz CT molecular complexity index is 1310. The molecule has 0 N–H and O–H groups in total. The number of aromatic nitrogens is 4. The van der Waals surface area contributed by atoms with Crippen LogP contribution in [0.3, 0.4) is 0 Å². The minimum atomic E-state index is -0.274. The third-order valence-corrected chi connectivity index (χ3v) is 4.78. The maximum atomic E-state index is 13.1. The quantitative estimate of drug-likeness (QED) is 0.442. The van der Waals surface area contributed by atoms with Crippen molar-refractivity contribution in [2.24, 2.45) is 0 Å². The summed E-state index contributed by atoms with van der Waals surface area (Å²) in [4.78, 5) is 17.6. The average Bonchev–Trinajstić information content (AvgIpc) is 3.25. The van der Waals surface area contributed by atoms with E-state index in [2.05, 4.69) is 21.8 Å². The summed E-state index contributed by atoms with van der Waals surface area (Å²) >= 11 is 6.26. The zero-order chi connectivity index (χ0) is 21.1. The van der Waals surface area contributed by atoms with Gasteiger partial charge in [-0.05, 0) is 31.2 Å². The van der Waals surface area contributed by atoms with Crippen molar-refractivity contribution in [1.29, 1.82) is 0 Å². The first-order chi connectivity index (χ1) is 14.6. The summed E-state index contributed by atoms with van der Waals surface area (Å²) in [7, 11) is 0. The molecule has 2 aromatic carbocycles. The van der Waals surface area contributed by atoms with E-state index in [4.69, 9.17) is 16.1 Å². The van der Waals surface area contributed by atoms with Crippen LogP contribution >= 0.6 is 11.6 Å². The zero-order valence-corrected chi connectivity index (χ0v) is 16.9. The molecule has 0 radical (unpaired) electrons. The van der Waals surface area contributed by atoms with Gasteiger partial charge in [0.2, 0.25) is 5.82 Å². The van der Waals surface area contributed by atoms with Crippen molar-refractivity contribution in [3.05, 3.63) is 93.8 Å². The van der Waals surface area contributed by atoms with Crippen molar-refractivity contribution < 1.29 is 4.52 Å². The smallest absolute Gasteiger partial charge is 0.279 e. The van der Waals surface area contributed by atoms with Gasteiger partial charge >= 0.3 is 0 Å². The molecule has 148 valence electrons. The van der Waals surface area contributed by atoms with Gasteiger partial charge in [-0.15, -0.1) is 0 Å². The van der Waals surface area contributed by atoms with Crippen LogP contribution in [0.2, 0.25) is 5.02 Å². The fourth-order valence-corrected chi connectivity index (χ4v) is 3.28. The number of hydrogen-bond donors (Lipinski definition) is 0. The summed E-state index contributed by atoms with van der Waals surface area (Å²) in [5.74, 6) is 0.493. The highest BCUT2D eigenvalue weighted by Gasteiger charge is 2.21. The molecule has 0 bridgehead atoms. The normalized spacial score (nSPS) is 11.1. The van der Waals surface area contributed by atoms with Gasteiger partial charge in [-0.2, -0.15) is 14.8 Å². The van der Waals surface area contributed by atoms with Gasteiger partial charge in [0.15, 0.2) is 5.69 Å². The van der Waals surface area contributed by atoms with Gasteiger partial charge in [0.1, 0.15) is 0 Å². The van der Waals surface area contributed by atoms with Crippen LogP contribution in [0, 0.1) is 0 Å². The number of rotatable bonds is 5. The first-order valence-electron chi connectivity index (χ1n) is 9.21. The number of halogens is 1. The van der Waals surface area contributed by atoms with Gasteiger partial charge in [0, 0.05) is 11.1 Å². The van der Waals surface area contributed by atoms with Crippen LogP contribution in [0.5, 0.6) is 0 Å². The predicted octanol–water partition coefficient (Wildman–Crippen LogP) is 5.28. The molecular weight excluding hydrogens is 400 g/mol. The van der Waals surface area contributed by atoms with Crippen LogP contribution in [0.1, 0.15) is 18.1 Å². The van der Waals surface area contributed by atoms with Crippen LogP contribution in [-0.2, 0) is 0 Å². The summed E-state index contributed by atoms with van der Waals surface area (Å²) < 4.78 is 6.81. The standard InChI is InChI=1S/C23H17ClN4O2/c1-3-10-17-16(4-2)20(26-28(23(17)29)15-11-6-5-7-12-15)22-25-21(27-30-22)18-13-8-9-14-19(18)24/h3-14H,2H2,1H3/b10-3-. The molecule has 30 heavy (non-hydrogen) atoms. The Morgan fingerprint density at radius 1 is 1.07 bits per heavy atom. The Kier molecular flexibility index (Phi) is 5.41. The second kappa shape index (κ2) is 8.31. The molecule has 0 amide bonds. The number of benzene rings is 2. The van der Waals surface area contributed by atoms with Gasteiger partial charge in [0.05, 0.1) is 16.3 Å². The topological polar surface area (TPSA) is 73.8 Å². The third kappa shape index (κ3) is 3.49. The molecule has 7 heteroatoms. The zero-order valence-electron chi connectivity index (χ0n) is 16.1. The molecule has 6 nitrogen and oxygen atoms in total. The van der Waals surface area contributed by atoms with Crippen molar-refractivity contribution in [3.63, 3.8) is 0 Å². The summed E-state index contributed by atoms with van der Waals surface area (Å²) in [5, 5.41) is 9.08. The molecule has 0 spiro atoms. The van der Waals surface area contributed by atoms with E-state index >= 15 is 0 Å². The van der Waals surface area contributed by atoms with E-state index < -0.39 is 0 Å². The van der Waals surface area contributed by atoms with Crippen LogP contribution in [0.25, 0.3) is 40.8 Å². The summed E-state index contributed by atoms with van der Waals surface area (Å²) in [6.45, 7) is 5.68. The van der Waals surface area contributed by atoms with E-state index in [0.717, 1.165) is 0 Å². The molecule has 4 aromatic rings. The van der Waals surface area contributed by atoms with Gasteiger partial charge in [-0.3, -0.25) is 4.79 Å². The Morgan fingerprint density at radius 3 is 2.50 bits per heavy atom. The number of nitrogens with zero attached hydrogens (tertiary/aromatic N) is 4. The van der Waals surface area contributed by atoms with Gasteiger partial charge in [-0.1, -0.05) is 71.9 Å². The molecule has 4 rings (SSSR count). The van der Waals surface area contributed by atoms with Gasteiger partial charge in [-0.25, -0.2) is 0 Å². The van der Waals surface area contributed by atoms with Crippen LogP contribution in [-0.4, -0.2) is 19.9 Å². The monoisotopic (exact) mass is 416 g/mol. The lowest BCUT2D eigenvalue weighted by molar-refractivity contribution is 0.430. The van der Waals surface area contributed by atoms with Crippen molar-refractivity contribution in [2.45, 2.75) is 6.92 Å². The lowest BCUT2D eigenvalue weighted by Gasteiger charge is -2.11. The fourth-order valence-electron chi connectivity index (χ4n) is 3.06. The Hall–Kier alpha value is -3.77. The van der Waals surface area contributed by atoms with Gasteiger partial charge in [0.25, 0.3) is 11.4 Å². The largest absolute Gasteiger partial charge is 0.332 e. The second-order valence-corrected chi connectivity index (χ2v) is 6.74. The molecule has 0 aliphatic rings. The number of hydrogen-bond acceptors (Lipinski definition) is 5. The number of para-hydroxylation sites is 1. The van der Waals surface area contributed by atoms with Crippen LogP contribution in [0.15, 0.2) is 76.6 Å². The number of allylic oxidation sites excluding steroid dienone is 1. The Morgan fingerprint density at radius 2 is 1.80 bits per heavy atom. The highest BCUT2D eigenvalue weighted by molar-refractivity contribution is 6.33. The molecule has 2 heterocycles. The first-order valence-corrected chi connectivity index (χ1v) is 9.58. The predicted molar refractivity (Wildman–Crippen MR) is 118 cm³/mol. The molecule has 0 saturated carbocycles. The van der Waals surface area contributed by atoms with E-state index in [-0.39, 0.29) is 11.4 Å². The Balaban J connectivity index is 1.96. The SMILES string of the molecule is C=Cc1c(-c2nc(-c3ccccc3Cl)no2)nn(-c2ccccc2)c(=O)c1/C=C\C. The average molecular weight is 417 g/mol. The minimum absolute atomic E-state index is 0.162. The summed E-state index contributed by atoms with van der Waals surface area (Å²) in [5.41, 5.74) is 2.28. The van der Waals surface area contributed by atoms with E-state index in [9.17, 15) is 4.79 Å². The van der Waals surface area contributed by atoms with Crippen LogP contribution < -0.4 is 5.56 Å². The van der Waals surface area contributed by atoms with E-state index in [1.807, 2.05) is 37.3 Å². The maximum absolute atomic E-state index is 13.1. The lowest BCUT2D eigenvalue weighted by atomic mass is 10.1. The second-order valence-electron chi connectivity index (χ2n) is 6.34. The van der Waals surface area contributed by atoms with Crippen molar-refractivity contribution in [2.75, 3.05) is 0 Å². The molecule has 2 aromatic heterocycles. The third-order valence-electron chi connectivity index (χ3n) is 4.45. The maximum Gasteiger partial charge on any atom is 0.279 e. The molecular formula is C23H17ClN4O2. The molecule has 0 atom stereocenters. The highest BCUT2D eigenvalue weighted by Crippen LogP contribution is 2.29. The fraction of sp³-hybridized carbons (Fsp3) is 0.0435. The van der Waals surface area contributed by atoms with Crippen molar-refractivity contribution in [1.82, 2.24) is 19.9 Å². The van der Waals surface area contributed by atoms with E-state index in [0.29, 0.717) is 38.9 Å². The van der Waals surface area contributed by atoms with Crippen molar-refractivity contribution in [3.8, 4) is 28.7 Å². The molecule has 0 saturated heterocycles. The molecule has 0 aliphatic heterocycles. The lowest BCUT2D eigenvalue weighted by Crippen LogP contribution is -2.25. The van der Waals surface area contributed by atoms with E-state index in [1.54, 1.807) is 42.5 Å². The van der Waals surface area contributed by atoms with Crippen molar-refractivity contribution >= 4 is 23.8 Å². The molecule has 0 aliphatic carbocycles. The minimum Gasteiger partial charge on any atom is -0.332 e. The van der Waals surface area contributed by atoms with Gasteiger partial charge < -0.3 is 4.52 Å². The highest BCUT2D eigenvalue weighted by atomic mass is 35.5.